The predicted molar refractivity (Wildman–Crippen MR) is 68.3 cm³/mol. The van der Waals surface area contributed by atoms with Gasteiger partial charge in [0.15, 0.2) is 0 Å². The van der Waals surface area contributed by atoms with Gasteiger partial charge in [0.05, 0.1) is 6.10 Å². The minimum Gasteiger partial charge on any atom is -0.387 e. The fourth-order valence-electron chi connectivity index (χ4n) is 1.94. The largest absolute Gasteiger partial charge is 0.387 e. The Balaban J connectivity index is 2.56. The van der Waals surface area contributed by atoms with Crippen LogP contribution in [0.3, 0.4) is 0 Å². The lowest BCUT2D eigenvalue weighted by Crippen LogP contribution is -2.41. The summed E-state index contributed by atoms with van der Waals surface area (Å²) in [6.45, 7) is 6.67. The highest BCUT2D eigenvalue weighted by Crippen LogP contribution is 2.18. The zero-order chi connectivity index (χ0) is 12.9. The van der Waals surface area contributed by atoms with E-state index in [-0.39, 0.29) is 11.4 Å². The van der Waals surface area contributed by atoms with E-state index in [0.29, 0.717) is 12.1 Å². The van der Waals surface area contributed by atoms with E-state index in [1.807, 2.05) is 0 Å². The number of aliphatic hydroxyl groups excluding tert-OH is 1. The van der Waals surface area contributed by atoms with Crippen LogP contribution in [0.1, 0.15) is 45.3 Å². The zero-order valence-corrected chi connectivity index (χ0v) is 10.8. The first-order valence-electron chi connectivity index (χ1n) is 6.14. The predicted octanol–water partition coefficient (Wildman–Crippen LogP) is 3.03. The molecule has 0 saturated carbocycles. The molecule has 17 heavy (non-hydrogen) atoms. The van der Waals surface area contributed by atoms with Crippen LogP contribution < -0.4 is 5.32 Å². The molecule has 1 aromatic rings. The Morgan fingerprint density at radius 3 is 2.59 bits per heavy atom. The lowest BCUT2D eigenvalue weighted by atomic mass is 9.98. The lowest BCUT2D eigenvalue weighted by molar-refractivity contribution is 0.155. The van der Waals surface area contributed by atoms with Crippen molar-refractivity contribution in [3.05, 3.63) is 35.6 Å². The van der Waals surface area contributed by atoms with Crippen molar-refractivity contribution in [1.29, 1.82) is 0 Å². The third-order valence-electron chi connectivity index (χ3n) is 2.91. The van der Waals surface area contributed by atoms with Crippen molar-refractivity contribution in [2.24, 2.45) is 0 Å². The van der Waals surface area contributed by atoms with E-state index in [2.05, 4.69) is 26.1 Å². The van der Waals surface area contributed by atoms with E-state index in [4.69, 9.17) is 0 Å². The summed E-state index contributed by atoms with van der Waals surface area (Å²) in [5.41, 5.74) is 0.327. The molecular formula is C14H22FNO. The fourth-order valence-corrected chi connectivity index (χ4v) is 1.94. The van der Waals surface area contributed by atoms with Gasteiger partial charge in [-0.05, 0) is 26.3 Å². The van der Waals surface area contributed by atoms with Gasteiger partial charge in [-0.25, -0.2) is 4.39 Å². The average Bonchev–Trinajstić information content (AvgIpc) is 2.27. The Morgan fingerprint density at radius 2 is 2.00 bits per heavy atom. The molecule has 0 spiro atoms. The van der Waals surface area contributed by atoms with E-state index >= 15 is 0 Å². The number of aliphatic hydroxyl groups is 1. The summed E-state index contributed by atoms with van der Waals surface area (Å²) in [6, 6.07) is 6.35. The molecule has 0 radical (unpaired) electrons. The van der Waals surface area contributed by atoms with Crippen molar-refractivity contribution < 1.29 is 9.50 Å². The number of halogens is 1. The third kappa shape index (κ3) is 4.44. The van der Waals surface area contributed by atoms with Crippen LogP contribution in [0.2, 0.25) is 0 Å². The summed E-state index contributed by atoms with van der Waals surface area (Å²) >= 11 is 0. The van der Waals surface area contributed by atoms with Crippen molar-refractivity contribution >= 4 is 0 Å². The van der Waals surface area contributed by atoms with Gasteiger partial charge in [-0.15, -0.1) is 0 Å². The monoisotopic (exact) mass is 239 g/mol. The number of β-amino-alcohol motifs (C(OH)–C–C–N with tert-alkyl or cyclic N) is 1. The third-order valence-corrected chi connectivity index (χ3v) is 2.91. The van der Waals surface area contributed by atoms with Gasteiger partial charge in [0.25, 0.3) is 0 Å². The molecule has 2 nitrogen and oxygen atoms in total. The Labute approximate surface area is 103 Å². The number of rotatable bonds is 6. The Morgan fingerprint density at radius 1 is 1.35 bits per heavy atom. The molecule has 0 heterocycles. The Kier molecular flexibility index (Phi) is 5.09. The van der Waals surface area contributed by atoms with Crippen LogP contribution in [0.25, 0.3) is 0 Å². The van der Waals surface area contributed by atoms with Gasteiger partial charge in [-0.3, -0.25) is 0 Å². The zero-order valence-electron chi connectivity index (χ0n) is 10.8. The standard InChI is InChI=1S/C14H22FNO/c1-4-9-14(2,3)16-10-13(17)11-7-5-6-8-12(11)15/h5-8,13,16-17H,4,9-10H2,1-3H3. The highest BCUT2D eigenvalue weighted by Gasteiger charge is 2.19. The summed E-state index contributed by atoms with van der Waals surface area (Å²) in [7, 11) is 0. The van der Waals surface area contributed by atoms with Gasteiger partial charge in [0.1, 0.15) is 5.82 Å². The minimum absolute atomic E-state index is 0.0268. The fraction of sp³-hybridized carbons (Fsp3) is 0.571. The summed E-state index contributed by atoms with van der Waals surface area (Å²) in [6.07, 6.45) is 1.31. The van der Waals surface area contributed by atoms with Gasteiger partial charge < -0.3 is 10.4 Å². The van der Waals surface area contributed by atoms with Crippen LogP contribution in [-0.2, 0) is 0 Å². The quantitative estimate of drug-likeness (QED) is 0.799. The molecule has 96 valence electrons. The summed E-state index contributed by atoms with van der Waals surface area (Å²) in [5, 5.41) is 13.2. The normalized spacial score (nSPS) is 13.7. The molecule has 1 rings (SSSR count). The molecule has 3 heteroatoms. The molecule has 2 N–H and O–H groups in total. The summed E-state index contributed by atoms with van der Waals surface area (Å²) in [4.78, 5) is 0. The highest BCUT2D eigenvalue weighted by molar-refractivity contribution is 5.20. The maximum Gasteiger partial charge on any atom is 0.129 e. The molecule has 0 aliphatic heterocycles. The van der Waals surface area contributed by atoms with Crippen molar-refractivity contribution in [2.75, 3.05) is 6.54 Å². The topological polar surface area (TPSA) is 32.3 Å². The second-order valence-electron chi connectivity index (χ2n) is 5.05. The molecule has 1 aromatic carbocycles. The van der Waals surface area contributed by atoms with E-state index in [0.717, 1.165) is 12.8 Å². The summed E-state index contributed by atoms with van der Waals surface area (Å²) in [5.74, 6) is -0.352. The number of hydrogen-bond donors (Lipinski definition) is 2. The lowest BCUT2D eigenvalue weighted by Gasteiger charge is -2.27. The summed E-state index contributed by atoms with van der Waals surface area (Å²) < 4.78 is 13.4. The average molecular weight is 239 g/mol. The first-order valence-corrected chi connectivity index (χ1v) is 6.14. The van der Waals surface area contributed by atoms with Crippen LogP contribution >= 0.6 is 0 Å². The maximum absolute atomic E-state index is 13.4. The minimum atomic E-state index is -0.799. The number of nitrogens with one attached hydrogen (secondary N) is 1. The van der Waals surface area contributed by atoms with E-state index in [1.54, 1.807) is 18.2 Å². The molecule has 0 aromatic heterocycles. The van der Waals surface area contributed by atoms with E-state index in [9.17, 15) is 9.50 Å². The van der Waals surface area contributed by atoms with Gasteiger partial charge in [0, 0.05) is 17.6 Å². The van der Waals surface area contributed by atoms with Gasteiger partial charge in [0.2, 0.25) is 0 Å². The molecule has 0 fully saturated rings. The molecular weight excluding hydrogens is 217 g/mol. The Hall–Kier alpha value is -0.930. The second-order valence-corrected chi connectivity index (χ2v) is 5.05. The first-order chi connectivity index (χ1) is 7.96. The highest BCUT2D eigenvalue weighted by atomic mass is 19.1. The molecule has 0 aliphatic carbocycles. The van der Waals surface area contributed by atoms with Crippen LogP contribution in [0.15, 0.2) is 24.3 Å². The van der Waals surface area contributed by atoms with Crippen LogP contribution in [0.5, 0.6) is 0 Å². The van der Waals surface area contributed by atoms with Crippen LogP contribution in [-0.4, -0.2) is 17.2 Å². The van der Waals surface area contributed by atoms with Crippen LogP contribution in [0.4, 0.5) is 4.39 Å². The van der Waals surface area contributed by atoms with Gasteiger partial charge in [-0.2, -0.15) is 0 Å². The van der Waals surface area contributed by atoms with Crippen LogP contribution in [0, 0.1) is 5.82 Å². The maximum atomic E-state index is 13.4. The van der Waals surface area contributed by atoms with Crippen molar-refractivity contribution in [1.82, 2.24) is 5.32 Å². The van der Waals surface area contributed by atoms with E-state index < -0.39 is 6.10 Å². The number of benzene rings is 1. The Bertz CT molecular complexity index is 352. The first kappa shape index (κ1) is 14.1. The van der Waals surface area contributed by atoms with E-state index in [1.165, 1.54) is 6.07 Å². The molecule has 0 saturated heterocycles. The number of hydrogen-bond acceptors (Lipinski definition) is 2. The second kappa shape index (κ2) is 6.12. The molecule has 0 amide bonds. The molecule has 0 aliphatic rings. The van der Waals surface area contributed by atoms with Gasteiger partial charge in [-0.1, -0.05) is 31.5 Å². The van der Waals surface area contributed by atoms with Crippen molar-refractivity contribution in [3.63, 3.8) is 0 Å². The van der Waals surface area contributed by atoms with Crippen molar-refractivity contribution in [2.45, 2.75) is 45.3 Å². The molecule has 1 unspecified atom stereocenters. The van der Waals surface area contributed by atoms with Crippen molar-refractivity contribution in [3.8, 4) is 0 Å². The molecule has 1 atom stereocenters. The SMILES string of the molecule is CCCC(C)(C)NCC(O)c1ccccc1F. The molecule has 0 bridgehead atoms. The smallest absolute Gasteiger partial charge is 0.129 e. The van der Waals surface area contributed by atoms with Gasteiger partial charge >= 0.3 is 0 Å².